The third-order valence-corrected chi connectivity index (χ3v) is 3.28. The van der Waals surface area contributed by atoms with E-state index >= 15 is 0 Å². The van der Waals surface area contributed by atoms with Gasteiger partial charge in [-0.05, 0) is 12.8 Å². The van der Waals surface area contributed by atoms with E-state index in [0.717, 1.165) is 6.42 Å². The fourth-order valence-electron chi connectivity index (χ4n) is 1.17. The molecule has 0 saturated carbocycles. The van der Waals surface area contributed by atoms with Crippen molar-refractivity contribution in [2.75, 3.05) is 5.73 Å². The van der Waals surface area contributed by atoms with E-state index in [-0.39, 0.29) is 11.9 Å². The number of thiazole rings is 1. The Labute approximate surface area is 93.9 Å². The molecule has 1 aromatic heterocycles. The van der Waals surface area contributed by atoms with Gasteiger partial charge in [-0.15, -0.1) is 11.3 Å². The second kappa shape index (κ2) is 5.11. The molecular weight excluding hydrogens is 210 g/mol. The summed E-state index contributed by atoms with van der Waals surface area (Å²) >= 11 is 1.28. The maximum absolute atomic E-state index is 11.7. The molecule has 1 rings (SSSR count). The van der Waals surface area contributed by atoms with Crippen LogP contribution in [0, 0.1) is 5.92 Å². The van der Waals surface area contributed by atoms with Crippen molar-refractivity contribution >= 4 is 22.4 Å². The van der Waals surface area contributed by atoms with Crippen molar-refractivity contribution in [1.29, 1.82) is 0 Å². The first kappa shape index (κ1) is 12.0. The van der Waals surface area contributed by atoms with Gasteiger partial charge < -0.3 is 11.1 Å². The van der Waals surface area contributed by atoms with Crippen LogP contribution >= 0.6 is 11.3 Å². The maximum atomic E-state index is 11.7. The van der Waals surface area contributed by atoms with E-state index in [0.29, 0.717) is 16.7 Å². The lowest BCUT2D eigenvalue weighted by Gasteiger charge is -2.19. The number of amides is 1. The summed E-state index contributed by atoms with van der Waals surface area (Å²) in [4.78, 5) is 15.6. The molecule has 0 spiro atoms. The molecule has 0 radical (unpaired) electrons. The molecule has 1 heterocycles. The van der Waals surface area contributed by atoms with Crippen LogP contribution in [0.15, 0.2) is 5.38 Å². The molecule has 0 fully saturated rings. The Kier molecular flexibility index (Phi) is 4.08. The van der Waals surface area contributed by atoms with Crippen LogP contribution in [-0.2, 0) is 0 Å². The van der Waals surface area contributed by atoms with Crippen molar-refractivity contribution in [1.82, 2.24) is 10.3 Å². The lowest BCUT2D eigenvalue weighted by Crippen LogP contribution is -2.37. The van der Waals surface area contributed by atoms with Crippen LogP contribution in [0.25, 0.3) is 0 Å². The van der Waals surface area contributed by atoms with Gasteiger partial charge in [-0.1, -0.05) is 20.3 Å². The van der Waals surface area contributed by atoms with Crippen LogP contribution in [0.3, 0.4) is 0 Å². The minimum Gasteiger partial charge on any atom is -0.375 e. The van der Waals surface area contributed by atoms with Crippen molar-refractivity contribution < 1.29 is 4.79 Å². The Hall–Kier alpha value is -1.10. The van der Waals surface area contributed by atoms with E-state index in [1.807, 2.05) is 6.92 Å². The zero-order valence-corrected chi connectivity index (χ0v) is 10.1. The van der Waals surface area contributed by atoms with E-state index in [1.165, 1.54) is 11.3 Å². The molecule has 1 amide bonds. The van der Waals surface area contributed by atoms with Gasteiger partial charge in [0.05, 0.1) is 0 Å². The van der Waals surface area contributed by atoms with Gasteiger partial charge >= 0.3 is 0 Å². The molecule has 0 bridgehead atoms. The molecule has 84 valence electrons. The van der Waals surface area contributed by atoms with Crippen LogP contribution < -0.4 is 11.1 Å². The Morgan fingerprint density at radius 3 is 2.80 bits per heavy atom. The zero-order chi connectivity index (χ0) is 11.4. The van der Waals surface area contributed by atoms with Gasteiger partial charge in [0, 0.05) is 11.4 Å². The Morgan fingerprint density at radius 2 is 2.33 bits per heavy atom. The zero-order valence-electron chi connectivity index (χ0n) is 9.28. The van der Waals surface area contributed by atoms with Gasteiger partial charge in [0.2, 0.25) is 0 Å². The summed E-state index contributed by atoms with van der Waals surface area (Å²) in [5.41, 5.74) is 5.87. The third-order valence-electron chi connectivity index (χ3n) is 2.61. The lowest BCUT2D eigenvalue weighted by atomic mass is 10.0. The number of nitrogen functional groups attached to an aromatic ring is 1. The number of aromatic nitrogens is 1. The summed E-state index contributed by atoms with van der Waals surface area (Å²) in [7, 11) is 0. The minimum atomic E-state index is -0.143. The van der Waals surface area contributed by atoms with E-state index in [2.05, 4.69) is 24.1 Å². The summed E-state index contributed by atoms with van der Waals surface area (Å²) in [6, 6.07) is 0.158. The topological polar surface area (TPSA) is 68.0 Å². The highest BCUT2D eigenvalue weighted by Crippen LogP contribution is 2.12. The largest absolute Gasteiger partial charge is 0.375 e. The molecule has 2 unspecified atom stereocenters. The first-order chi connectivity index (χ1) is 7.04. The van der Waals surface area contributed by atoms with Crippen molar-refractivity contribution in [3.63, 3.8) is 0 Å². The number of rotatable bonds is 4. The monoisotopic (exact) mass is 227 g/mol. The average molecular weight is 227 g/mol. The van der Waals surface area contributed by atoms with Gasteiger partial charge in [-0.25, -0.2) is 4.98 Å². The van der Waals surface area contributed by atoms with E-state index in [4.69, 9.17) is 5.73 Å². The van der Waals surface area contributed by atoms with Gasteiger partial charge in [0.25, 0.3) is 5.91 Å². The van der Waals surface area contributed by atoms with Gasteiger partial charge in [0.1, 0.15) is 5.69 Å². The predicted octanol–water partition coefficient (Wildman–Crippen LogP) is 1.89. The van der Waals surface area contributed by atoms with E-state index in [9.17, 15) is 4.79 Å². The highest BCUT2D eigenvalue weighted by Gasteiger charge is 2.15. The second-order valence-corrected chi connectivity index (χ2v) is 4.61. The predicted molar refractivity (Wildman–Crippen MR) is 62.9 cm³/mol. The normalized spacial score (nSPS) is 14.6. The van der Waals surface area contributed by atoms with Gasteiger partial charge in [-0.3, -0.25) is 4.79 Å². The molecule has 15 heavy (non-hydrogen) atoms. The summed E-state index contributed by atoms with van der Waals surface area (Å²) in [6.45, 7) is 6.22. The fraction of sp³-hybridized carbons (Fsp3) is 0.600. The van der Waals surface area contributed by atoms with Crippen LogP contribution in [0.5, 0.6) is 0 Å². The standard InChI is InChI=1S/C10H17N3OS/c1-4-6(2)7(3)12-9(14)8-5-15-10(11)13-8/h5-7H,4H2,1-3H3,(H2,11,13)(H,12,14). The molecule has 5 heteroatoms. The molecule has 3 N–H and O–H groups in total. The van der Waals surface area contributed by atoms with Crippen molar-refractivity contribution in [3.05, 3.63) is 11.1 Å². The highest BCUT2D eigenvalue weighted by molar-refractivity contribution is 7.13. The van der Waals surface area contributed by atoms with Gasteiger partial charge in [-0.2, -0.15) is 0 Å². The number of carbonyl (C=O) groups excluding carboxylic acids is 1. The summed E-state index contributed by atoms with van der Waals surface area (Å²) in [5, 5.41) is 5.01. The third kappa shape index (κ3) is 3.20. The number of hydrogen-bond donors (Lipinski definition) is 2. The van der Waals surface area contributed by atoms with Crippen molar-refractivity contribution in [2.45, 2.75) is 33.2 Å². The van der Waals surface area contributed by atoms with Crippen molar-refractivity contribution in [3.8, 4) is 0 Å². The maximum Gasteiger partial charge on any atom is 0.271 e. The Morgan fingerprint density at radius 1 is 1.67 bits per heavy atom. The van der Waals surface area contributed by atoms with Crippen LogP contribution in [0.1, 0.15) is 37.7 Å². The molecule has 0 aliphatic carbocycles. The van der Waals surface area contributed by atoms with Crippen LogP contribution in [0.2, 0.25) is 0 Å². The Balaban J connectivity index is 2.56. The number of carbonyl (C=O) groups is 1. The van der Waals surface area contributed by atoms with Crippen LogP contribution in [-0.4, -0.2) is 16.9 Å². The summed E-state index contributed by atoms with van der Waals surface area (Å²) < 4.78 is 0. The molecule has 0 aliphatic heterocycles. The summed E-state index contributed by atoms with van der Waals surface area (Å²) in [6.07, 6.45) is 1.04. The average Bonchev–Trinajstić information content (AvgIpc) is 2.63. The SMILES string of the molecule is CCC(C)C(C)NC(=O)c1csc(N)n1. The van der Waals surface area contributed by atoms with Crippen LogP contribution in [0.4, 0.5) is 5.13 Å². The van der Waals surface area contributed by atoms with E-state index in [1.54, 1.807) is 5.38 Å². The smallest absolute Gasteiger partial charge is 0.271 e. The molecular formula is C10H17N3OS. The number of nitrogens with two attached hydrogens (primary N) is 1. The molecule has 0 saturated heterocycles. The minimum absolute atomic E-state index is 0.143. The van der Waals surface area contributed by atoms with Crippen molar-refractivity contribution in [2.24, 2.45) is 5.92 Å². The highest BCUT2D eigenvalue weighted by atomic mass is 32.1. The summed E-state index contributed by atoms with van der Waals surface area (Å²) in [5.74, 6) is 0.320. The molecule has 0 aromatic carbocycles. The first-order valence-electron chi connectivity index (χ1n) is 5.06. The van der Waals surface area contributed by atoms with E-state index < -0.39 is 0 Å². The molecule has 1 aromatic rings. The number of nitrogens with one attached hydrogen (secondary N) is 1. The second-order valence-electron chi connectivity index (χ2n) is 3.72. The Bertz CT molecular complexity index is 337. The molecule has 0 aliphatic rings. The molecule has 2 atom stereocenters. The molecule has 4 nitrogen and oxygen atoms in total. The first-order valence-corrected chi connectivity index (χ1v) is 5.94. The van der Waals surface area contributed by atoms with Gasteiger partial charge in [0.15, 0.2) is 5.13 Å². The quantitative estimate of drug-likeness (QED) is 0.825. The number of nitrogens with zero attached hydrogens (tertiary/aromatic N) is 1. The number of anilines is 1. The fourth-order valence-corrected chi connectivity index (χ4v) is 1.71. The lowest BCUT2D eigenvalue weighted by molar-refractivity contribution is 0.0924. The number of hydrogen-bond acceptors (Lipinski definition) is 4.